The summed E-state index contributed by atoms with van der Waals surface area (Å²) < 4.78 is 16.2. The van der Waals surface area contributed by atoms with Crippen molar-refractivity contribution < 1.29 is 23.2 Å². The molecule has 3 aromatic heterocycles. The van der Waals surface area contributed by atoms with Gasteiger partial charge in [0, 0.05) is 12.5 Å². The number of Topliss-reactive ketones (excluding diaryl/α,β-unsaturated/α-hetero) is 1. The van der Waals surface area contributed by atoms with Gasteiger partial charge in [0.25, 0.3) is 0 Å². The maximum atomic E-state index is 12.7. The number of carbonyl (C=O) groups is 2. The number of methoxy groups -OCH3 is 1. The first-order chi connectivity index (χ1) is 15.5. The van der Waals surface area contributed by atoms with Crippen molar-refractivity contribution in [1.82, 2.24) is 15.2 Å². The Hall–Kier alpha value is -3.92. The van der Waals surface area contributed by atoms with Crippen LogP contribution in [0.15, 0.2) is 69.0 Å². The molecule has 4 rings (SSSR count). The van der Waals surface area contributed by atoms with Crippen molar-refractivity contribution in [3.05, 3.63) is 60.6 Å². The highest BCUT2D eigenvalue weighted by Crippen LogP contribution is 2.31. The van der Waals surface area contributed by atoms with Crippen LogP contribution in [0.5, 0.6) is 5.75 Å². The van der Waals surface area contributed by atoms with Gasteiger partial charge in [-0.15, -0.1) is 10.2 Å². The number of aromatic nitrogens is 3. The highest BCUT2D eigenvalue weighted by atomic mass is 32.2. The Morgan fingerprint density at radius 3 is 2.38 bits per heavy atom. The van der Waals surface area contributed by atoms with Gasteiger partial charge >= 0.3 is 0 Å². The quantitative estimate of drug-likeness (QED) is 0.309. The molecule has 0 radical (unpaired) electrons. The Morgan fingerprint density at radius 1 is 1.03 bits per heavy atom. The fourth-order valence-electron chi connectivity index (χ4n) is 2.91. The third-order valence-electron chi connectivity index (χ3n) is 4.34. The Bertz CT molecular complexity index is 1240. The zero-order chi connectivity index (χ0) is 22.5. The molecule has 4 aromatic rings. The number of rotatable bonds is 8. The first-order valence-electron chi connectivity index (χ1n) is 9.49. The minimum absolute atomic E-state index is 0.0853. The average molecular weight is 450 g/mol. The molecule has 0 bridgehead atoms. The van der Waals surface area contributed by atoms with Crippen LogP contribution >= 0.6 is 11.8 Å². The normalized spacial score (nSPS) is 10.7. The number of benzene rings is 1. The van der Waals surface area contributed by atoms with E-state index in [-0.39, 0.29) is 17.4 Å². The van der Waals surface area contributed by atoms with Crippen LogP contribution in [0.2, 0.25) is 0 Å². The van der Waals surface area contributed by atoms with Gasteiger partial charge in [-0.3, -0.25) is 9.59 Å². The number of hydrogen-bond donors (Lipinski definition) is 1. The molecule has 0 spiro atoms. The van der Waals surface area contributed by atoms with Gasteiger partial charge in [0.15, 0.2) is 23.0 Å². The molecule has 1 amide bonds. The number of nitrogens with one attached hydrogen (secondary N) is 1. The van der Waals surface area contributed by atoms with Crippen LogP contribution in [0, 0.1) is 0 Å². The smallest absolute Gasteiger partial charge is 0.221 e. The van der Waals surface area contributed by atoms with Crippen LogP contribution in [0.25, 0.3) is 22.9 Å². The summed E-state index contributed by atoms with van der Waals surface area (Å²) in [7, 11) is 1.47. The molecule has 0 aliphatic rings. The summed E-state index contributed by atoms with van der Waals surface area (Å²) >= 11 is 1.15. The van der Waals surface area contributed by atoms with E-state index in [4.69, 9.17) is 13.6 Å². The molecule has 0 saturated carbocycles. The summed E-state index contributed by atoms with van der Waals surface area (Å²) in [5, 5.41) is 11.3. The van der Waals surface area contributed by atoms with E-state index in [0.29, 0.717) is 45.1 Å². The van der Waals surface area contributed by atoms with Crippen LogP contribution in [0.4, 0.5) is 5.69 Å². The molecule has 1 aromatic carbocycles. The molecule has 0 saturated heterocycles. The number of furan rings is 2. The van der Waals surface area contributed by atoms with Gasteiger partial charge in [0.1, 0.15) is 11.4 Å². The summed E-state index contributed by atoms with van der Waals surface area (Å²) in [5.74, 6) is 1.13. The van der Waals surface area contributed by atoms with Crippen molar-refractivity contribution >= 4 is 29.1 Å². The summed E-state index contributed by atoms with van der Waals surface area (Å²) in [6, 6.07) is 11.9. The summed E-state index contributed by atoms with van der Waals surface area (Å²) in [6.45, 7) is 1.40. The molecule has 0 atom stereocenters. The fraction of sp³-hybridized carbons (Fsp3) is 0.136. The molecule has 9 nitrogen and oxygen atoms in total. The van der Waals surface area contributed by atoms with Crippen molar-refractivity contribution in [2.45, 2.75) is 12.1 Å². The first-order valence-corrected chi connectivity index (χ1v) is 10.5. The molecule has 32 heavy (non-hydrogen) atoms. The summed E-state index contributed by atoms with van der Waals surface area (Å²) in [6.07, 6.45) is 3.08. The SMILES string of the molecule is COc1cc(C(=O)CSc2nnc(-c3ccco3)c(-c3ccco3)n2)ccc1NC(C)=O. The van der Waals surface area contributed by atoms with Crippen molar-refractivity contribution in [3.8, 4) is 28.7 Å². The number of hydrogen-bond acceptors (Lipinski definition) is 9. The average Bonchev–Trinajstić information content (AvgIpc) is 3.51. The lowest BCUT2D eigenvalue weighted by Gasteiger charge is -2.10. The zero-order valence-electron chi connectivity index (χ0n) is 17.2. The van der Waals surface area contributed by atoms with Gasteiger partial charge < -0.3 is 18.9 Å². The number of ketones is 1. The van der Waals surface area contributed by atoms with Crippen LogP contribution in [-0.2, 0) is 4.79 Å². The highest BCUT2D eigenvalue weighted by Gasteiger charge is 2.19. The molecule has 10 heteroatoms. The molecule has 0 unspecified atom stereocenters. The summed E-state index contributed by atoms with van der Waals surface area (Å²) in [4.78, 5) is 28.5. The Morgan fingerprint density at radius 2 is 1.75 bits per heavy atom. The molecule has 1 N–H and O–H groups in total. The first kappa shape index (κ1) is 21.3. The molecule has 162 valence electrons. The standard InChI is InChI=1S/C22H18N4O5S/c1-13(27)23-15-8-7-14(11-19(15)29-2)16(28)12-32-22-24-20(17-5-3-9-30-17)21(25-26-22)18-6-4-10-31-18/h3-11H,12H2,1-2H3,(H,23,27). The van der Waals surface area contributed by atoms with Crippen molar-refractivity contribution in [1.29, 1.82) is 0 Å². The van der Waals surface area contributed by atoms with Gasteiger partial charge in [-0.2, -0.15) is 0 Å². The van der Waals surface area contributed by atoms with Crippen molar-refractivity contribution in [2.24, 2.45) is 0 Å². The van der Waals surface area contributed by atoms with Gasteiger partial charge in [0.2, 0.25) is 11.1 Å². The molecular formula is C22H18N4O5S. The molecule has 0 aliphatic carbocycles. The second-order valence-corrected chi connectivity index (χ2v) is 7.50. The minimum atomic E-state index is -0.229. The van der Waals surface area contributed by atoms with Gasteiger partial charge in [-0.1, -0.05) is 11.8 Å². The highest BCUT2D eigenvalue weighted by molar-refractivity contribution is 7.99. The van der Waals surface area contributed by atoms with E-state index in [9.17, 15) is 9.59 Å². The predicted molar refractivity (Wildman–Crippen MR) is 118 cm³/mol. The second-order valence-electron chi connectivity index (χ2n) is 6.55. The van der Waals surface area contributed by atoms with E-state index >= 15 is 0 Å². The van der Waals surface area contributed by atoms with Crippen LogP contribution < -0.4 is 10.1 Å². The fourth-order valence-corrected chi connectivity index (χ4v) is 3.59. The van der Waals surface area contributed by atoms with Crippen molar-refractivity contribution in [2.75, 3.05) is 18.2 Å². The Balaban J connectivity index is 1.53. The maximum Gasteiger partial charge on any atom is 0.221 e. The molecule has 0 fully saturated rings. The van der Waals surface area contributed by atoms with Crippen LogP contribution in [0.1, 0.15) is 17.3 Å². The van der Waals surface area contributed by atoms with E-state index in [1.54, 1.807) is 42.5 Å². The third kappa shape index (κ3) is 4.70. The van der Waals surface area contributed by atoms with E-state index in [2.05, 4.69) is 20.5 Å². The van der Waals surface area contributed by atoms with Gasteiger partial charge in [-0.25, -0.2) is 4.98 Å². The third-order valence-corrected chi connectivity index (χ3v) is 5.18. The number of ether oxygens (including phenoxy) is 1. The molecule has 3 heterocycles. The monoisotopic (exact) mass is 450 g/mol. The lowest BCUT2D eigenvalue weighted by molar-refractivity contribution is -0.114. The predicted octanol–water partition coefficient (Wildman–Crippen LogP) is 4.33. The number of amides is 1. The number of thioether (sulfide) groups is 1. The molecular weight excluding hydrogens is 432 g/mol. The second kappa shape index (κ2) is 9.48. The lowest BCUT2D eigenvalue weighted by Crippen LogP contribution is -2.09. The molecule has 0 aliphatic heterocycles. The van der Waals surface area contributed by atoms with E-state index < -0.39 is 0 Å². The minimum Gasteiger partial charge on any atom is -0.495 e. The van der Waals surface area contributed by atoms with Crippen LogP contribution in [0.3, 0.4) is 0 Å². The van der Waals surface area contributed by atoms with Gasteiger partial charge in [-0.05, 0) is 42.5 Å². The van der Waals surface area contributed by atoms with E-state index in [0.717, 1.165) is 11.8 Å². The number of nitrogens with zero attached hydrogens (tertiary/aromatic N) is 3. The van der Waals surface area contributed by atoms with E-state index in [1.165, 1.54) is 26.6 Å². The van der Waals surface area contributed by atoms with Gasteiger partial charge in [0.05, 0.1) is 31.1 Å². The Labute approximate surface area is 187 Å². The lowest BCUT2D eigenvalue weighted by atomic mass is 10.1. The van der Waals surface area contributed by atoms with E-state index in [1.807, 2.05) is 0 Å². The number of anilines is 1. The van der Waals surface area contributed by atoms with Crippen molar-refractivity contribution in [3.63, 3.8) is 0 Å². The Kier molecular flexibility index (Phi) is 6.31. The maximum absolute atomic E-state index is 12.7. The largest absolute Gasteiger partial charge is 0.495 e. The summed E-state index contributed by atoms with van der Waals surface area (Å²) in [5.41, 5.74) is 1.85. The topological polar surface area (TPSA) is 120 Å². The number of carbonyl (C=O) groups excluding carboxylic acids is 2. The van der Waals surface area contributed by atoms with Crippen LogP contribution in [-0.4, -0.2) is 39.7 Å². The zero-order valence-corrected chi connectivity index (χ0v) is 18.0.